The van der Waals surface area contributed by atoms with Crippen LogP contribution in [0.3, 0.4) is 0 Å². The topological polar surface area (TPSA) is 84.2 Å². The predicted molar refractivity (Wildman–Crippen MR) is 103 cm³/mol. The van der Waals surface area contributed by atoms with Gasteiger partial charge in [-0.1, -0.05) is 30.7 Å². The van der Waals surface area contributed by atoms with Crippen LogP contribution in [0.15, 0.2) is 24.3 Å². The molecule has 0 radical (unpaired) electrons. The van der Waals surface area contributed by atoms with Crippen molar-refractivity contribution in [3.8, 4) is 0 Å². The van der Waals surface area contributed by atoms with Gasteiger partial charge in [-0.3, -0.25) is 9.59 Å². The minimum atomic E-state index is -1.27. The Morgan fingerprint density at radius 3 is 2.60 bits per heavy atom. The van der Waals surface area contributed by atoms with Crippen molar-refractivity contribution < 1.29 is 9.59 Å². The van der Waals surface area contributed by atoms with Crippen LogP contribution in [0.2, 0.25) is 5.02 Å². The maximum absolute atomic E-state index is 12.5. The molecule has 1 saturated heterocycles. The van der Waals surface area contributed by atoms with E-state index in [0.29, 0.717) is 22.9 Å². The molecule has 0 bridgehead atoms. The third-order valence-electron chi connectivity index (χ3n) is 4.98. The first kappa shape index (κ1) is 21.7. The molecule has 1 heterocycles. The Kier molecular flexibility index (Phi) is 8.19. The lowest BCUT2D eigenvalue weighted by Gasteiger charge is -2.31. The molecule has 0 spiro atoms. The zero-order valence-electron chi connectivity index (χ0n) is 14.7. The Balaban J connectivity index is 0.00000312. The molecular weight excluding hydrogens is 361 g/mol. The lowest BCUT2D eigenvalue weighted by molar-refractivity contribution is -0.132. The van der Waals surface area contributed by atoms with Crippen molar-refractivity contribution >= 4 is 35.8 Å². The van der Waals surface area contributed by atoms with E-state index in [9.17, 15) is 9.59 Å². The minimum Gasteiger partial charge on any atom is -0.367 e. The summed E-state index contributed by atoms with van der Waals surface area (Å²) in [6.07, 6.45) is 2.54. The van der Waals surface area contributed by atoms with Gasteiger partial charge in [0.1, 0.15) is 5.54 Å². The Morgan fingerprint density at radius 2 is 2.04 bits per heavy atom. The van der Waals surface area contributed by atoms with E-state index >= 15 is 0 Å². The quantitative estimate of drug-likeness (QED) is 0.701. The average molecular weight is 388 g/mol. The minimum absolute atomic E-state index is 0. The van der Waals surface area contributed by atoms with Crippen LogP contribution in [0.25, 0.3) is 0 Å². The molecule has 1 aliphatic heterocycles. The third kappa shape index (κ3) is 5.59. The molecule has 2 unspecified atom stereocenters. The van der Waals surface area contributed by atoms with Gasteiger partial charge < -0.3 is 16.4 Å². The summed E-state index contributed by atoms with van der Waals surface area (Å²) in [7, 11) is 0. The van der Waals surface area contributed by atoms with Crippen LogP contribution in [0.5, 0.6) is 0 Å². The third-order valence-corrected chi connectivity index (χ3v) is 5.22. The van der Waals surface area contributed by atoms with Gasteiger partial charge in [0.2, 0.25) is 11.8 Å². The fourth-order valence-corrected chi connectivity index (χ4v) is 3.47. The van der Waals surface area contributed by atoms with Gasteiger partial charge >= 0.3 is 0 Å². The smallest absolute Gasteiger partial charge is 0.247 e. The van der Waals surface area contributed by atoms with Crippen molar-refractivity contribution in [3.63, 3.8) is 0 Å². The highest BCUT2D eigenvalue weighted by Crippen LogP contribution is 2.27. The summed E-state index contributed by atoms with van der Waals surface area (Å²) in [6.45, 7) is 5.71. The number of rotatable bonds is 6. The van der Waals surface area contributed by atoms with Crippen molar-refractivity contribution in [1.82, 2.24) is 10.6 Å². The molecule has 25 heavy (non-hydrogen) atoms. The standard InChI is InChI=1S/C18H26ClN3O2.ClH/c1-12(13-6-8-21-9-7-13)10-16(23)22-18(2,17(20)24)14-4-3-5-15(19)11-14;/h3-5,11-13,21H,6-10H2,1-2H3,(H2,20,24)(H,22,23);1H. The van der Waals surface area contributed by atoms with Crippen LogP contribution < -0.4 is 16.4 Å². The highest BCUT2D eigenvalue weighted by Gasteiger charge is 2.35. The second kappa shape index (κ2) is 9.41. The van der Waals surface area contributed by atoms with E-state index in [1.165, 1.54) is 0 Å². The molecule has 0 aliphatic carbocycles. The van der Waals surface area contributed by atoms with Gasteiger partial charge in [0.25, 0.3) is 0 Å². The summed E-state index contributed by atoms with van der Waals surface area (Å²) >= 11 is 6.01. The number of carbonyl (C=O) groups is 2. The van der Waals surface area contributed by atoms with E-state index in [1.807, 2.05) is 0 Å². The van der Waals surface area contributed by atoms with E-state index in [0.717, 1.165) is 25.9 Å². The molecule has 2 rings (SSSR count). The molecule has 2 amide bonds. The van der Waals surface area contributed by atoms with Crippen molar-refractivity contribution in [3.05, 3.63) is 34.9 Å². The molecule has 1 aliphatic rings. The maximum Gasteiger partial charge on any atom is 0.247 e. The molecule has 0 saturated carbocycles. The first-order valence-electron chi connectivity index (χ1n) is 8.40. The van der Waals surface area contributed by atoms with Gasteiger partial charge in [-0.15, -0.1) is 12.4 Å². The Labute approximate surface area is 160 Å². The highest BCUT2D eigenvalue weighted by molar-refractivity contribution is 6.30. The molecule has 1 aromatic carbocycles. The zero-order valence-corrected chi connectivity index (χ0v) is 16.3. The predicted octanol–water partition coefficient (Wildman–Crippen LogP) is 2.60. The second-order valence-electron chi connectivity index (χ2n) is 6.82. The Morgan fingerprint density at radius 1 is 1.40 bits per heavy atom. The van der Waals surface area contributed by atoms with Crippen LogP contribution in [0, 0.1) is 11.8 Å². The Bertz CT molecular complexity index is 606. The number of carbonyl (C=O) groups excluding carboxylic acids is 2. The monoisotopic (exact) mass is 387 g/mol. The highest BCUT2D eigenvalue weighted by atomic mass is 35.5. The summed E-state index contributed by atoms with van der Waals surface area (Å²) in [4.78, 5) is 24.5. The van der Waals surface area contributed by atoms with Gasteiger partial charge in [-0.2, -0.15) is 0 Å². The van der Waals surface area contributed by atoms with E-state index in [-0.39, 0.29) is 24.2 Å². The summed E-state index contributed by atoms with van der Waals surface area (Å²) in [6, 6.07) is 6.85. The number of halogens is 2. The summed E-state index contributed by atoms with van der Waals surface area (Å²) in [5, 5.41) is 6.64. The van der Waals surface area contributed by atoms with Crippen molar-refractivity contribution in [1.29, 1.82) is 0 Å². The Hall–Kier alpha value is -1.30. The van der Waals surface area contributed by atoms with Gasteiger partial charge in [-0.05, 0) is 62.4 Å². The van der Waals surface area contributed by atoms with Crippen LogP contribution in [-0.4, -0.2) is 24.9 Å². The second-order valence-corrected chi connectivity index (χ2v) is 7.25. The van der Waals surface area contributed by atoms with Crippen LogP contribution >= 0.6 is 24.0 Å². The summed E-state index contributed by atoms with van der Waals surface area (Å²) in [5.41, 5.74) is 4.89. The first-order chi connectivity index (χ1) is 11.3. The SMILES string of the molecule is CC(CC(=O)NC(C)(C(N)=O)c1cccc(Cl)c1)C1CCNCC1.Cl. The molecule has 7 heteroatoms. The van der Waals surface area contributed by atoms with Crippen LogP contribution in [0.4, 0.5) is 0 Å². The molecule has 1 aromatic rings. The van der Waals surface area contributed by atoms with Gasteiger partial charge in [0.05, 0.1) is 0 Å². The van der Waals surface area contributed by atoms with Gasteiger partial charge in [0.15, 0.2) is 0 Å². The van der Waals surface area contributed by atoms with Crippen molar-refractivity contribution in [2.24, 2.45) is 17.6 Å². The van der Waals surface area contributed by atoms with E-state index < -0.39 is 11.4 Å². The fourth-order valence-electron chi connectivity index (χ4n) is 3.28. The lowest BCUT2D eigenvalue weighted by atomic mass is 9.83. The first-order valence-corrected chi connectivity index (χ1v) is 8.78. The number of hydrogen-bond acceptors (Lipinski definition) is 3. The number of hydrogen-bond donors (Lipinski definition) is 3. The van der Waals surface area contributed by atoms with Crippen LogP contribution in [-0.2, 0) is 15.1 Å². The molecule has 140 valence electrons. The average Bonchev–Trinajstić information content (AvgIpc) is 2.55. The summed E-state index contributed by atoms with van der Waals surface area (Å²) in [5.74, 6) is 0.0292. The number of benzene rings is 1. The summed E-state index contributed by atoms with van der Waals surface area (Å²) < 4.78 is 0. The molecule has 1 fully saturated rings. The fraction of sp³-hybridized carbons (Fsp3) is 0.556. The molecular formula is C18H27Cl2N3O2. The van der Waals surface area contributed by atoms with E-state index in [1.54, 1.807) is 31.2 Å². The number of primary amides is 1. The normalized spacial score (nSPS) is 18.5. The van der Waals surface area contributed by atoms with Gasteiger partial charge in [0, 0.05) is 11.4 Å². The number of piperidine rings is 1. The number of nitrogens with two attached hydrogens (primary N) is 1. The molecule has 5 nitrogen and oxygen atoms in total. The number of amides is 2. The van der Waals surface area contributed by atoms with Crippen LogP contribution in [0.1, 0.15) is 38.7 Å². The maximum atomic E-state index is 12.5. The molecule has 0 aromatic heterocycles. The molecule has 4 N–H and O–H groups in total. The van der Waals surface area contributed by atoms with E-state index in [2.05, 4.69) is 17.6 Å². The zero-order chi connectivity index (χ0) is 17.7. The van der Waals surface area contributed by atoms with Gasteiger partial charge in [-0.25, -0.2) is 0 Å². The van der Waals surface area contributed by atoms with E-state index in [4.69, 9.17) is 17.3 Å². The molecule has 2 atom stereocenters. The lowest BCUT2D eigenvalue weighted by Crippen LogP contribution is -2.53. The number of nitrogens with one attached hydrogen (secondary N) is 2. The largest absolute Gasteiger partial charge is 0.367 e. The van der Waals surface area contributed by atoms with Crippen molar-refractivity contribution in [2.75, 3.05) is 13.1 Å². The van der Waals surface area contributed by atoms with Crippen molar-refractivity contribution in [2.45, 2.75) is 38.6 Å².